The lowest BCUT2D eigenvalue weighted by Gasteiger charge is -2.26. The number of hydrogen-bond acceptors (Lipinski definition) is 2. The first-order valence-corrected chi connectivity index (χ1v) is 6.69. The zero-order valence-electron chi connectivity index (χ0n) is 11.7. The summed E-state index contributed by atoms with van der Waals surface area (Å²) in [7, 11) is 2.19. The summed E-state index contributed by atoms with van der Waals surface area (Å²) in [5.74, 6) is 5.98. The minimum atomic E-state index is 0.415. The van der Waals surface area contributed by atoms with Crippen LogP contribution in [0.1, 0.15) is 37.8 Å². The highest BCUT2D eigenvalue weighted by Gasteiger charge is 2.10. The van der Waals surface area contributed by atoms with Crippen molar-refractivity contribution in [3.8, 4) is 11.8 Å². The van der Waals surface area contributed by atoms with Gasteiger partial charge in [-0.05, 0) is 37.6 Å². The summed E-state index contributed by atoms with van der Waals surface area (Å²) in [5.41, 5.74) is 7.75. The highest BCUT2D eigenvalue weighted by molar-refractivity contribution is 5.37. The average molecular weight is 244 g/mol. The summed E-state index contributed by atoms with van der Waals surface area (Å²) in [5, 5.41) is 0. The largest absolute Gasteiger partial charge is 0.320 e. The quantitative estimate of drug-likeness (QED) is 0.807. The molecule has 0 aliphatic rings. The van der Waals surface area contributed by atoms with Gasteiger partial charge in [-0.2, -0.15) is 0 Å². The molecule has 0 unspecified atom stereocenters. The average Bonchev–Trinajstić information content (AvgIpc) is 2.38. The molecule has 0 atom stereocenters. The highest BCUT2D eigenvalue weighted by Crippen LogP contribution is 2.12. The Balaban J connectivity index is 2.72. The van der Waals surface area contributed by atoms with Crippen LogP contribution in [0.25, 0.3) is 0 Å². The van der Waals surface area contributed by atoms with Gasteiger partial charge in [0.05, 0.1) is 6.54 Å². The van der Waals surface area contributed by atoms with E-state index in [-0.39, 0.29) is 0 Å². The first-order chi connectivity index (χ1) is 8.71. The smallest absolute Gasteiger partial charge is 0.0555 e. The fourth-order valence-electron chi connectivity index (χ4n) is 2.23. The predicted molar refractivity (Wildman–Crippen MR) is 78.2 cm³/mol. The maximum atomic E-state index is 5.39. The number of benzene rings is 1. The van der Waals surface area contributed by atoms with Crippen molar-refractivity contribution < 1.29 is 0 Å². The minimum Gasteiger partial charge on any atom is -0.320 e. The molecule has 0 aliphatic carbocycles. The Hall–Kier alpha value is -1.30. The van der Waals surface area contributed by atoms with E-state index in [1.165, 1.54) is 18.4 Å². The van der Waals surface area contributed by atoms with E-state index < -0.39 is 0 Å². The molecule has 0 saturated carbocycles. The summed E-state index contributed by atoms with van der Waals surface area (Å²) < 4.78 is 0. The lowest BCUT2D eigenvalue weighted by atomic mass is 10.1. The van der Waals surface area contributed by atoms with Crippen molar-refractivity contribution in [1.82, 2.24) is 4.90 Å². The predicted octanol–water partition coefficient (Wildman–Crippen LogP) is 2.62. The summed E-state index contributed by atoms with van der Waals surface area (Å²) in [4.78, 5) is 2.41. The van der Waals surface area contributed by atoms with Crippen molar-refractivity contribution in [2.45, 2.75) is 39.3 Å². The van der Waals surface area contributed by atoms with Crippen LogP contribution in [0.4, 0.5) is 0 Å². The Morgan fingerprint density at radius 2 is 2.00 bits per heavy atom. The Kier molecular flexibility index (Phi) is 6.49. The highest BCUT2D eigenvalue weighted by atomic mass is 15.1. The van der Waals surface area contributed by atoms with Crippen LogP contribution in [0, 0.1) is 11.8 Å². The van der Waals surface area contributed by atoms with Crippen LogP contribution >= 0.6 is 0 Å². The van der Waals surface area contributed by atoms with E-state index in [2.05, 4.69) is 55.8 Å². The molecule has 1 aromatic carbocycles. The summed E-state index contributed by atoms with van der Waals surface area (Å²) in [6.45, 7) is 5.88. The van der Waals surface area contributed by atoms with Crippen molar-refractivity contribution in [3.63, 3.8) is 0 Å². The van der Waals surface area contributed by atoms with Crippen LogP contribution in [0.5, 0.6) is 0 Å². The lowest BCUT2D eigenvalue weighted by molar-refractivity contribution is 0.222. The summed E-state index contributed by atoms with van der Waals surface area (Å²) in [6, 6.07) is 9.07. The molecule has 0 heterocycles. The lowest BCUT2D eigenvalue weighted by Crippen LogP contribution is -2.29. The Morgan fingerprint density at radius 1 is 1.28 bits per heavy atom. The van der Waals surface area contributed by atoms with Gasteiger partial charge < -0.3 is 5.73 Å². The Labute approximate surface area is 111 Å². The molecule has 1 aromatic rings. The second kappa shape index (κ2) is 7.92. The van der Waals surface area contributed by atoms with Gasteiger partial charge in [0.1, 0.15) is 0 Å². The maximum Gasteiger partial charge on any atom is 0.0555 e. The Morgan fingerprint density at radius 3 is 2.61 bits per heavy atom. The second-order valence-corrected chi connectivity index (χ2v) is 4.59. The van der Waals surface area contributed by atoms with Crippen molar-refractivity contribution in [1.29, 1.82) is 0 Å². The van der Waals surface area contributed by atoms with Crippen LogP contribution in [-0.4, -0.2) is 24.5 Å². The van der Waals surface area contributed by atoms with Gasteiger partial charge in [0.15, 0.2) is 0 Å². The number of nitrogens with two attached hydrogens (primary N) is 1. The van der Waals surface area contributed by atoms with E-state index in [1.54, 1.807) is 0 Å². The molecule has 0 amide bonds. The van der Waals surface area contributed by atoms with Gasteiger partial charge in [-0.15, -0.1) is 0 Å². The van der Waals surface area contributed by atoms with E-state index in [4.69, 9.17) is 5.73 Å². The normalized spacial score (nSPS) is 10.6. The molecular formula is C16H24N2. The van der Waals surface area contributed by atoms with Crippen molar-refractivity contribution in [2.24, 2.45) is 5.73 Å². The van der Waals surface area contributed by atoms with Gasteiger partial charge in [0.25, 0.3) is 0 Å². The fourth-order valence-corrected chi connectivity index (χ4v) is 2.23. The van der Waals surface area contributed by atoms with Gasteiger partial charge in [-0.3, -0.25) is 4.90 Å². The zero-order chi connectivity index (χ0) is 13.4. The monoisotopic (exact) mass is 244 g/mol. The third-order valence-corrected chi connectivity index (χ3v) is 3.26. The molecule has 98 valence electrons. The van der Waals surface area contributed by atoms with Crippen molar-refractivity contribution in [3.05, 3.63) is 35.4 Å². The van der Waals surface area contributed by atoms with Crippen LogP contribution in [0.15, 0.2) is 24.3 Å². The molecule has 0 bridgehead atoms. The summed E-state index contributed by atoms with van der Waals surface area (Å²) in [6.07, 6.45) is 2.39. The molecule has 0 saturated heterocycles. The van der Waals surface area contributed by atoms with Gasteiger partial charge in [-0.25, -0.2) is 0 Å². The molecule has 1 rings (SSSR count). The fraction of sp³-hybridized carbons (Fsp3) is 0.500. The van der Waals surface area contributed by atoms with Gasteiger partial charge in [0, 0.05) is 18.2 Å². The molecule has 0 spiro atoms. The van der Waals surface area contributed by atoms with Crippen LogP contribution in [0.2, 0.25) is 0 Å². The van der Waals surface area contributed by atoms with Crippen LogP contribution in [-0.2, 0) is 6.54 Å². The standard InChI is InChI=1S/C16H24N2/c1-4-16(5-2)18(3)13-15-9-6-8-14(12-15)10-7-11-17/h6,8-9,12,16H,4-5,11,13,17H2,1-3H3. The first kappa shape index (κ1) is 14.8. The minimum absolute atomic E-state index is 0.415. The summed E-state index contributed by atoms with van der Waals surface area (Å²) >= 11 is 0. The third kappa shape index (κ3) is 4.52. The van der Waals surface area contributed by atoms with Crippen molar-refractivity contribution >= 4 is 0 Å². The molecule has 18 heavy (non-hydrogen) atoms. The second-order valence-electron chi connectivity index (χ2n) is 4.59. The van der Waals surface area contributed by atoms with Crippen molar-refractivity contribution in [2.75, 3.05) is 13.6 Å². The number of hydrogen-bond donors (Lipinski definition) is 1. The van der Waals surface area contributed by atoms with E-state index in [0.29, 0.717) is 12.6 Å². The van der Waals surface area contributed by atoms with Gasteiger partial charge >= 0.3 is 0 Å². The van der Waals surface area contributed by atoms with Gasteiger partial charge in [0.2, 0.25) is 0 Å². The third-order valence-electron chi connectivity index (χ3n) is 3.26. The molecule has 2 heteroatoms. The van der Waals surface area contributed by atoms with E-state index in [0.717, 1.165) is 12.1 Å². The molecular weight excluding hydrogens is 220 g/mol. The molecule has 0 aromatic heterocycles. The van der Waals surface area contributed by atoms with E-state index >= 15 is 0 Å². The van der Waals surface area contributed by atoms with E-state index in [9.17, 15) is 0 Å². The molecule has 0 aliphatic heterocycles. The number of rotatable bonds is 5. The van der Waals surface area contributed by atoms with Crippen LogP contribution in [0.3, 0.4) is 0 Å². The van der Waals surface area contributed by atoms with Gasteiger partial charge in [-0.1, -0.05) is 37.8 Å². The molecule has 2 nitrogen and oxygen atoms in total. The zero-order valence-corrected chi connectivity index (χ0v) is 11.7. The maximum absolute atomic E-state index is 5.39. The Bertz CT molecular complexity index is 411. The molecule has 2 N–H and O–H groups in total. The van der Waals surface area contributed by atoms with E-state index in [1.807, 2.05) is 6.07 Å². The first-order valence-electron chi connectivity index (χ1n) is 6.69. The topological polar surface area (TPSA) is 29.3 Å². The SMILES string of the molecule is CCC(CC)N(C)Cc1cccc(C#CCN)c1. The number of nitrogens with zero attached hydrogens (tertiary/aromatic N) is 1. The van der Waals surface area contributed by atoms with Crippen LogP contribution < -0.4 is 5.73 Å². The molecule has 0 fully saturated rings. The molecule has 0 radical (unpaired) electrons.